The predicted molar refractivity (Wildman–Crippen MR) is 152 cm³/mol. The third kappa shape index (κ3) is 4.94. The first-order chi connectivity index (χ1) is 17.9. The van der Waals surface area contributed by atoms with E-state index in [1.54, 1.807) is 6.21 Å². The molecule has 0 aliphatic heterocycles. The molecule has 0 fully saturated rings. The number of nitrogens with zero attached hydrogens (tertiary/aromatic N) is 3. The van der Waals surface area contributed by atoms with Crippen molar-refractivity contribution in [3.63, 3.8) is 0 Å². The van der Waals surface area contributed by atoms with Gasteiger partial charge in [-0.2, -0.15) is 5.10 Å². The zero-order chi connectivity index (χ0) is 25.9. The van der Waals surface area contributed by atoms with Crippen LogP contribution >= 0.6 is 0 Å². The molecule has 0 saturated carbocycles. The van der Waals surface area contributed by atoms with E-state index in [4.69, 9.17) is 4.98 Å². The number of para-hydroxylation sites is 1. The summed E-state index contributed by atoms with van der Waals surface area (Å²) >= 11 is 0. The van der Waals surface area contributed by atoms with Crippen LogP contribution in [0.25, 0.3) is 27.8 Å². The summed E-state index contributed by atoms with van der Waals surface area (Å²) in [6.45, 7) is 8.53. The molecule has 5 rings (SSSR count). The van der Waals surface area contributed by atoms with E-state index in [0.717, 1.165) is 44.8 Å². The van der Waals surface area contributed by atoms with E-state index in [1.165, 1.54) is 5.56 Å². The van der Waals surface area contributed by atoms with E-state index >= 15 is 0 Å². The minimum absolute atomic E-state index is 0.273. The number of hydrogen-bond acceptors (Lipinski definition) is 3. The number of aromatic nitrogens is 2. The Kier molecular flexibility index (Phi) is 6.69. The largest absolute Gasteiger partial charge is 0.318 e. The van der Waals surface area contributed by atoms with Crippen LogP contribution < -0.4 is 5.43 Å². The number of benzene rings is 3. The number of fused-ring (bicyclic) bond motifs is 1. The first-order valence-corrected chi connectivity index (χ1v) is 12.5. The molecule has 0 bridgehead atoms. The summed E-state index contributed by atoms with van der Waals surface area (Å²) in [7, 11) is 0. The summed E-state index contributed by atoms with van der Waals surface area (Å²) in [5, 5.41) is 5.10. The summed E-state index contributed by atoms with van der Waals surface area (Å²) in [5.74, 6) is 0.221. The van der Waals surface area contributed by atoms with Gasteiger partial charge >= 0.3 is 0 Å². The fraction of sp³-hybridized carbons (Fsp3) is 0.156. The zero-order valence-electron chi connectivity index (χ0n) is 21.6. The van der Waals surface area contributed by atoms with Crippen molar-refractivity contribution in [3.8, 4) is 16.9 Å². The number of hydrogen-bond donors (Lipinski definition) is 1. The SMILES string of the molecule is Cc1cc(/C=N/NC(=O)c2cc(-c3ccccc3)nc3ccccc23)c(C)n1-c1ccc(C(C)C)cc1. The molecular formula is C32H30N4O. The van der Waals surface area contributed by atoms with E-state index in [2.05, 4.69) is 73.1 Å². The standard InChI is InChI=1S/C32H30N4O/c1-21(2)24-14-16-27(17-15-24)36-22(3)18-26(23(36)4)20-33-35-32(37)29-19-31(25-10-6-5-7-11-25)34-30-13-9-8-12-28(29)30/h5-21H,1-4H3,(H,35,37)/b33-20+. The maximum absolute atomic E-state index is 13.2. The minimum atomic E-state index is -0.273. The maximum atomic E-state index is 13.2. The molecule has 1 N–H and O–H groups in total. The van der Waals surface area contributed by atoms with Crippen molar-refractivity contribution < 1.29 is 4.79 Å². The molecule has 5 nitrogen and oxygen atoms in total. The fourth-order valence-corrected chi connectivity index (χ4v) is 4.66. The smallest absolute Gasteiger partial charge is 0.272 e. The van der Waals surface area contributed by atoms with Crippen LogP contribution in [0.4, 0.5) is 0 Å². The van der Waals surface area contributed by atoms with Gasteiger partial charge in [-0.3, -0.25) is 4.79 Å². The predicted octanol–water partition coefficient (Wildman–Crippen LogP) is 7.20. The van der Waals surface area contributed by atoms with Gasteiger partial charge in [-0.1, -0.05) is 74.5 Å². The Morgan fingerprint density at radius 1 is 0.919 bits per heavy atom. The summed E-state index contributed by atoms with van der Waals surface area (Å²) in [4.78, 5) is 18.0. The molecule has 0 atom stereocenters. The molecule has 0 radical (unpaired) electrons. The van der Waals surface area contributed by atoms with Crippen molar-refractivity contribution in [2.75, 3.05) is 0 Å². The van der Waals surface area contributed by atoms with Gasteiger partial charge in [-0.05, 0) is 55.7 Å². The van der Waals surface area contributed by atoms with Gasteiger partial charge in [0.2, 0.25) is 0 Å². The Bertz CT molecular complexity index is 1600. The number of pyridine rings is 1. The number of hydrazone groups is 1. The molecular weight excluding hydrogens is 456 g/mol. The third-order valence-corrected chi connectivity index (χ3v) is 6.69. The second-order valence-electron chi connectivity index (χ2n) is 9.55. The van der Waals surface area contributed by atoms with Crippen molar-refractivity contribution in [2.45, 2.75) is 33.6 Å². The van der Waals surface area contributed by atoms with Crippen LogP contribution in [0.3, 0.4) is 0 Å². The van der Waals surface area contributed by atoms with Gasteiger partial charge in [0.1, 0.15) is 0 Å². The van der Waals surface area contributed by atoms with Crippen LogP contribution in [0.5, 0.6) is 0 Å². The van der Waals surface area contributed by atoms with Crippen LogP contribution in [0, 0.1) is 13.8 Å². The molecule has 0 aliphatic rings. The van der Waals surface area contributed by atoms with Crippen LogP contribution in [-0.4, -0.2) is 21.7 Å². The molecule has 1 amide bonds. The van der Waals surface area contributed by atoms with Crippen LogP contribution in [-0.2, 0) is 0 Å². The molecule has 0 unspecified atom stereocenters. The Morgan fingerprint density at radius 2 is 1.62 bits per heavy atom. The van der Waals surface area contributed by atoms with Crippen molar-refractivity contribution >= 4 is 23.0 Å². The summed E-state index contributed by atoms with van der Waals surface area (Å²) in [5.41, 5.74) is 11.3. The highest BCUT2D eigenvalue weighted by atomic mass is 16.2. The zero-order valence-corrected chi connectivity index (χ0v) is 21.6. The average molecular weight is 487 g/mol. The van der Waals surface area contributed by atoms with Gasteiger partial charge in [-0.15, -0.1) is 0 Å². The highest BCUT2D eigenvalue weighted by Crippen LogP contribution is 2.25. The van der Waals surface area contributed by atoms with E-state index in [9.17, 15) is 4.79 Å². The van der Waals surface area contributed by atoms with E-state index in [1.807, 2.05) is 60.7 Å². The molecule has 2 heterocycles. The quantitative estimate of drug-likeness (QED) is 0.204. The number of amides is 1. The molecule has 3 aromatic carbocycles. The van der Waals surface area contributed by atoms with Crippen molar-refractivity contribution in [1.29, 1.82) is 0 Å². The lowest BCUT2D eigenvalue weighted by Crippen LogP contribution is -2.18. The van der Waals surface area contributed by atoms with Crippen LogP contribution in [0.15, 0.2) is 96.1 Å². The monoisotopic (exact) mass is 486 g/mol. The average Bonchev–Trinajstić information content (AvgIpc) is 3.20. The number of nitrogens with one attached hydrogen (secondary N) is 1. The van der Waals surface area contributed by atoms with Crippen molar-refractivity contribution in [2.24, 2.45) is 5.10 Å². The van der Waals surface area contributed by atoms with Gasteiger partial charge in [0.15, 0.2) is 0 Å². The highest BCUT2D eigenvalue weighted by molar-refractivity contribution is 6.07. The lowest BCUT2D eigenvalue weighted by Gasteiger charge is -2.12. The molecule has 0 saturated heterocycles. The normalized spacial score (nSPS) is 11.5. The van der Waals surface area contributed by atoms with Gasteiger partial charge in [0, 0.05) is 33.6 Å². The molecule has 2 aromatic heterocycles. The van der Waals surface area contributed by atoms with Gasteiger partial charge < -0.3 is 4.57 Å². The minimum Gasteiger partial charge on any atom is -0.318 e. The second-order valence-corrected chi connectivity index (χ2v) is 9.55. The first kappa shape index (κ1) is 24.2. The second kappa shape index (κ2) is 10.2. The molecule has 37 heavy (non-hydrogen) atoms. The first-order valence-electron chi connectivity index (χ1n) is 12.5. The highest BCUT2D eigenvalue weighted by Gasteiger charge is 2.14. The summed E-state index contributed by atoms with van der Waals surface area (Å²) in [6, 6.07) is 30.1. The van der Waals surface area contributed by atoms with E-state index in [0.29, 0.717) is 11.5 Å². The maximum Gasteiger partial charge on any atom is 0.272 e. The Morgan fingerprint density at radius 3 is 2.35 bits per heavy atom. The summed E-state index contributed by atoms with van der Waals surface area (Å²) in [6.07, 6.45) is 1.71. The topological polar surface area (TPSA) is 59.3 Å². The Hall–Kier alpha value is -4.51. The lowest BCUT2D eigenvalue weighted by molar-refractivity contribution is 0.0956. The van der Waals surface area contributed by atoms with Crippen molar-refractivity contribution in [1.82, 2.24) is 15.0 Å². The molecule has 0 aliphatic carbocycles. The fourth-order valence-electron chi connectivity index (χ4n) is 4.66. The number of rotatable bonds is 6. The number of carbonyl (C=O) groups is 1. The molecule has 5 aromatic rings. The van der Waals surface area contributed by atoms with Crippen LogP contribution in [0.2, 0.25) is 0 Å². The van der Waals surface area contributed by atoms with E-state index in [-0.39, 0.29) is 5.91 Å². The van der Waals surface area contributed by atoms with Gasteiger partial charge in [-0.25, -0.2) is 10.4 Å². The molecule has 0 spiro atoms. The Balaban J connectivity index is 1.41. The van der Waals surface area contributed by atoms with Crippen LogP contribution in [0.1, 0.15) is 52.6 Å². The lowest BCUT2D eigenvalue weighted by atomic mass is 10.0. The summed E-state index contributed by atoms with van der Waals surface area (Å²) < 4.78 is 2.20. The molecule has 5 heteroatoms. The van der Waals surface area contributed by atoms with Crippen molar-refractivity contribution in [3.05, 3.63) is 119 Å². The molecule has 184 valence electrons. The third-order valence-electron chi connectivity index (χ3n) is 6.69. The number of carbonyl (C=O) groups excluding carboxylic acids is 1. The Labute approximate surface area is 217 Å². The van der Waals surface area contributed by atoms with E-state index < -0.39 is 0 Å². The number of aryl methyl sites for hydroxylation is 1. The van der Waals surface area contributed by atoms with Gasteiger partial charge in [0.25, 0.3) is 5.91 Å². The van der Waals surface area contributed by atoms with Gasteiger partial charge in [0.05, 0.1) is 23.0 Å².